The van der Waals surface area contributed by atoms with Crippen molar-refractivity contribution in [2.45, 2.75) is 19.8 Å². The molecule has 1 aliphatic heterocycles. The third-order valence-electron chi connectivity index (χ3n) is 3.43. The van der Waals surface area contributed by atoms with Crippen molar-refractivity contribution in [2.24, 2.45) is 0 Å². The summed E-state index contributed by atoms with van der Waals surface area (Å²) in [6.07, 6.45) is 3.43. The van der Waals surface area contributed by atoms with Gasteiger partial charge in [-0.05, 0) is 49.3 Å². The van der Waals surface area contributed by atoms with Crippen LogP contribution in [0.25, 0.3) is 6.08 Å². The molecule has 2 rings (SSSR count). The van der Waals surface area contributed by atoms with Crippen LogP contribution in [-0.4, -0.2) is 42.8 Å². The monoisotopic (exact) mass is 412 g/mol. The van der Waals surface area contributed by atoms with E-state index in [0.29, 0.717) is 30.6 Å². The Bertz CT molecular complexity index is 649. The molecular weight excluding hydrogens is 392 g/mol. The van der Waals surface area contributed by atoms with Crippen molar-refractivity contribution in [1.82, 2.24) is 10.2 Å². The van der Waals surface area contributed by atoms with Crippen molar-refractivity contribution in [3.8, 4) is 5.75 Å². The molecule has 1 aromatic rings. The Hall–Kier alpha value is -1.44. The zero-order valence-corrected chi connectivity index (χ0v) is 16.2. The van der Waals surface area contributed by atoms with Gasteiger partial charge in [-0.15, -0.1) is 0 Å². The van der Waals surface area contributed by atoms with E-state index >= 15 is 0 Å². The molecule has 0 atom stereocenters. The maximum atomic E-state index is 12.5. The Morgan fingerprint density at radius 2 is 2.17 bits per heavy atom. The average molecular weight is 413 g/mol. The van der Waals surface area contributed by atoms with Gasteiger partial charge in [0.25, 0.3) is 5.91 Å². The molecule has 0 bridgehead atoms. The summed E-state index contributed by atoms with van der Waals surface area (Å²) in [5.74, 6) is 0.614. The highest BCUT2D eigenvalue weighted by Gasteiger charge is 2.30. The first-order valence-electron chi connectivity index (χ1n) is 7.82. The van der Waals surface area contributed by atoms with Crippen LogP contribution in [0.3, 0.4) is 0 Å². The van der Waals surface area contributed by atoms with E-state index in [0.717, 1.165) is 28.6 Å². The molecule has 24 heavy (non-hydrogen) atoms. The van der Waals surface area contributed by atoms with Crippen LogP contribution in [-0.2, 0) is 9.53 Å². The lowest BCUT2D eigenvalue weighted by Crippen LogP contribution is -2.32. The molecule has 0 unspecified atom stereocenters. The number of carbonyl (C=O) groups is 1. The molecule has 0 aromatic heterocycles. The highest BCUT2D eigenvalue weighted by molar-refractivity contribution is 9.10. The topological polar surface area (TPSA) is 50.8 Å². The van der Waals surface area contributed by atoms with E-state index in [1.165, 1.54) is 0 Å². The molecule has 1 saturated heterocycles. The van der Waals surface area contributed by atoms with Gasteiger partial charge in [-0.25, -0.2) is 0 Å². The van der Waals surface area contributed by atoms with Crippen LogP contribution in [0.1, 0.15) is 25.3 Å². The van der Waals surface area contributed by atoms with E-state index in [1.807, 2.05) is 18.2 Å². The minimum absolute atomic E-state index is 0.127. The van der Waals surface area contributed by atoms with Gasteiger partial charge in [-0.2, -0.15) is 0 Å². The second-order valence-electron chi connectivity index (χ2n) is 5.32. The van der Waals surface area contributed by atoms with Crippen molar-refractivity contribution >= 4 is 45.2 Å². The maximum Gasteiger partial charge on any atom is 0.276 e. The fourth-order valence-electron chi connectivity index (χ4n) is 2.27. The van der Waals surface area contributed by atoms with Gasteiger partial charge in [0.2, 0.25) is 0 Å². The van der Waals surface area contributed by atoms with Gasteiger partial charge in [0, 0.05) is 30.3 Å². The lowest BCUT2D eigenvalue weighted by atomic mass is 10.1. The number of ether oxygens (including phenoxy) is 2. The summed E-state index contributed by atoms with van der Waals surface area (Å²) in [6, 6.07) is 5.72. The van der Waals surface area contributed by atoms with E-state index in [9.17, 15) is 4.79 Å². The molecule has 1 heterocycles. The molecule has 0 radical (unpaired) electrons. The minimum Gasteiger partial charge on any atom is -0.493 e. The third-order valence-corrected chi connectivity index (χ3v) is 4.24. The number of benzene rings is 1. The Labute approximate surface area is 156 Å². The van der Waals surface area contributed by atoms with Crippen LogP contribution in [0.15, 0.2) is 28.4 Å². The van der Waals surface area contributed by atoms with E-state index in [-0.39, 0.29) is 5.91 Å². The molecule has 1 aliphatic rings. The minimum atomic E-state index is -0.127. The molecule has 7 heteroatoms. The first kappa shape index (κ1) is 18.9. The summed E-state index contributed by atoms with van der Waals surface area (Å²) >= 11 is 8.72. The van der Waals surface area contributed by atoms with Crippen molar-refractivity contribution < 1.29 is 14.3 Å². The molecule has 130 valence electrons. The number of rotatable bonds is 8. The smallest absolute Gasteiger partial charge is 0.276 e. The zero-order valence-electron chi connectivity index (χ0n) is 13.8. The number of nitrogens with one attached hydrogen (secondary N) is 1. The number of thiocarbonyl (C=S) groups is 1. The Morgan fingerprint density at radius 1 is 1.38 bits per heavy atom. The normalized spacial score (nSPS) is 16.0. The maximum absolute atomic E-state index is 12.5. The molecule has 1 aromatic carbocycles. The Balaban J connectivity index is 2.20. The largest absolute Gasteiger partial charge is 0.493 e. The number of hydrogen-bond donors (Lipinski definition) is 1. The predicted octanol–water partition coefficient (Wildman–Crippen LogP) is 3.33. The van der Waals surface area contributed by atoms with Gasteiger partial charge in [0.1, 0.15) is 11.4 Å². The molecular formula is C17H21BrN2O3S. The van der Waals surface area contributed by atoms with Crippen LogP contribution in [0.2, 0.25) is 0 Å². The van der Waals surface area contributed by atoms with Gasteiger partial charge in [-0.1, -0.05) is 22.9 Å². The molecule has 1 amide bonds. The van der Waals surface area contributed by atoms with Crippen molar-refractivity contribution in [3.63, 3.8) is 0 Å². The average Bonchev–Trinajstić information content (AvgIpc) is 2.82. The number of amides is 1. The van der Waals surface area contributed by atoms with Gasteiger partial charge in [-0.3, -0.25) is 9.69 Å². The number of carbonyl (C=O) groups excluding carboxylic acids is 1. The second-order valence-corrected chi connectivity index (χ2v) is 6.62. The van der Waals surface area contributed by atoms with Gasteiger partial charge >= 0.3 is 0 Å². The lowest BCUT2D eigenvalue weighted by Gasteiger charge is -2.13. The highest BCUT2D eigenvalue weighted by atomic mass is 79.9. The summed E-state index contributed by atoms with van der Waals surface area (Å²) < 4.78 is 11.7. The van der Waals surface area contributed by atoms with Crippen LogP contribution in [0, 0.1) is 0 Å². The van der Waals surface area contributed by atoms with Crippen LogP contribution in [0.5, 0.6) is 5.75 Å². The fraction of sp³-hybridized carbons (Fsp3) is 0.412. The Kier molecular flexibility index (Phi) is 7.20. The zero-order chi connectivity index (χ0) is 17.5. The predicted molar refractivity (Wildman–Crippen MR) is 102 cm³/mol. The molecule has 0 saturated carbocycles. The first-order chi connectivity index (χ1) is 11.6. The number of nitrogens with zero attached hydrogens (tertiary/aromatic N) is 1. The molecule has 1 N–H and O–H groups in total. The third kappa shape index (κ3) is 4.78. The fourth-order valence-corrected chi connectivity index (χ4v) is 2.94. The molecule has 1 fully saturated rings. The molecule has 0 aliphatic carbocycles. The number of halogens is 1. The summed E-state index contributed by atoms with van der Waals surface area (Å²) in [7, 11) is 1.64. The first-order valence-corrected chi connectivity index (χ1v) is 9.02. The summed E-state index contributed by atoms with van der Waals surface area (Å²) in [4.78, 5) is 14.1. The quantitative estimate of drug-likeness (QED) is 0.403. The van der Waals surface area contributed by atoms with Crippen molar-refractivity contribution in [3.05, 3.63) is 33.9 Å². The van der Waals surface area contributed by atoms with Crippen LogP contribution < -0.4 is 10.1 Å². The lowest BCUT2D eigenvalue weighted by molar-refractivity contribution is -0.122. The van der Waals surface area contributed by atoms with Crippen LogP contribution >= 0.6 is 28.1 Å². The summed E-state index contributed by atoms with van der Waals surface area (Å²) in [6.45, 7) is 3.80. The summed E-state index contributed by atoms with van der Waals surface area (Å²) in [5.41, 5.74) is 1.28. The molecule has 0 spiro atoms. The van der Waals surface area contributed by atoms with Crippen LogP contribution in [0.4, 0.5) is 0 Å². The van der Waals surface area contributed by atoms with Crippen molar-refractivity contribution in [1.29, 1.82) is 0 Å². The molecule has 5 nitrogen and oxygen atoms in total. The van der Waals surface area contributed by atoms with E-state index in [4.69, 9.17) is 21.7 Å². The SMILES string of the molecule is CCCOc1ccc(Br)cc1/C=C1/NC(=S)N(CCCOC)C1=O. The van der Waals surface area contributed by atoms with Gasteiger partial charge < -0.3 is 14.8 Å². The van der Waals surface area contributed by atoms with Crippen molar-refractivity contribution in [2.75, 3.05) is 26.9 Å². The van der Waals surface area contributed by atoms with E-state index in [2.05, 4.69) is 28.2 Å². The van der Waals surface area contributed by atoms with E-state index < -0.39 is 0 Å². The van der Waals surface area contributed by atoms with E-state index in [1.54, 1.807) is 18.1 Å². The second kappa shape index (κ2) is 9.15. The summed E-state index contributed by atoms with van der Waals surface area (Å²) in [5, 5.41) is 3.41. The number of hydrogen-bond acceptors (Lipinski definition) is 4. The highest BCUT2D eigenvalue weighted by Crippen LogP contribution is 2.26. The van der Waals surface area contributed by atoms with Gasteiger partial charge in [0.05, 0.1) is 6.61 Å². The van der Waals surface area contributed by atoms with Gasteiger partial charge in [0.15, 0.2) is 5.11 Å². The standard InChI is InChI=1S/C17H21BrN2O3S/c1-3-8-23-15-6-5-13(18)10-12(15)11-14-16(21)20(17(24)19-14)7-4-9-22-2/h5-6,10-11H,3-4,7-9H2,1-2H3,(H,19,24)/b14-11+. The number of methoxy groups -OCH3 is 1. The Morgan fingerprint density at radius 3 is 2.88 bits per heavy atom.